The molecule has 10 aromatic carbocycles. The molecule has 0 spiro atoms. The standard InChI is InChI=1S/C72H53N5/c1-48(50-21-8-4-9-22-50)41-67(53-27-14-7-15-28-53)75-49(2)77-69-34-19-17-31-61(69)63-39-37-55(44-71(63)77)54-35-36-56-42-58-29-20-32-59(72(58)64(56)43-54)57-38-40-62-60-30-16-18-33-68(60)76(70(62)45-57)47-74-66(52-25-12-6-13-26-52)46-65(73-3)51-23-10-5-11-24-51/h4-41,43-46H,1,3,42,47H2,2H3/b65-46-,67-41-,74-66+,75-49+. The van der Waals surface area contributed by atoms with Crippen molar-refractivity contribution in [1.82, 2.24) is 9.13 Å². The molecule has 0 atom stereocenters. The summed E-state index contributed by atoms with van der Waals surface area (Å²) in [4.78, 5) is 15.3. The van der Waals surface area contributed by atoms with Crippen molar-refractivity contribution in [3.63, 3.8) is 0 Å². The lowest BCUT2D eigenvalue weighted by Gasteiger charge is -2.13. The minimum atomic E-state index is 0.413. The van der Waals surface area contributed by atoms with Gasteiger partial charge in [-0.2, -0.15) is 0 Å². The van der Waals surface area contributed by atoms with Gasteiger partial charge in [0.2, 0.25) is 0 Å². The minimum Gasteiger partial charge on any atom is -0.320 e. The van der Waals surface area contributed by atoms with Gasteiger partial charge in [-0.25, -0.2) is 4.99 Å². The average molecular weight is 988 g/mol. The molecule has 0 unspecified atom stereocenters. The molecule has 0 saturated heterocycles. The molecule has 5 nitrogen and oxygen atoms in total. The zero-order valence-electron chi connectivity index (χ0n) is 42.8. The highest BCUT2D eigenvalue weighted by molar-refractivity contribution is 6.16. The number of allylic oxidation sites excluding steroid dienone is 3. The Morgan fingerprint density at radius 1 is 0.455 bits per heavy atom. The van der Waals surface area contributed by atoms with Crippen LogP contribution in [0.1, 0.15) is 40.3 Å². The fraction of sp³-hybridized carbons (Fsp3) is 0.0417. The molecule has 0 aliphatic heterocycles. The number of fused-ring (bicyclic) bond motifs is 9. The van der Waals surface area contributed by atoms with Gasteiger partial charge in [-0.05, 0) is 124 Å². The smallest absolute Gasteiger partial charge is 0.115 e. The van der Waals surface area contributed by atoms with Gasteiger partial charge in [-0.1, -0.05) is 219 Å². The van der Waals surface area contributed by atoms with Gasteiger partial charge >= 0.3 is 0 Å². The number of hydrogen-bond acceptors (Lipinski definition) is 3. The summed E-state index contributed by atoms with van der Waals surface area (Å²) in [5, 5.41) is 4.77. The number of benzene rings is 10. The topological polar surface area (TPSA) is 46.9 Å². The van der Waals surface area contributed by atoms with Gasteiger partial charge in [0.15, 0.2) is 0 Å². The Morgan fingerprint density at radius 2 is 1.00 bits per heavy atom. The third kappa shape index (κ3) is 8.74. The number of para-hydroxylation sites is 2. The van der Waals surface area contributed by atoms with Crippen LogP contribution < -0.4 is 0 Å². The number of aromatic nitrogens is 2. The summed E-state index contributed by atoms with van der Waals surface area (Å²) in [6.45, 7) is 10.9. The summed E-state index contributed by atoms with van der Waals surface area (Å²) in [7, 11) is 0. The molecule has 1 aliphatic carbocycles. The van der Waals surface area contributed by atoms with Crippen molar-refractivity contribution >= 4 is 78.8 Å². The third-order valence-corrected chi connectivity index (χ3v) is 15.1. The van der Waals surface area contributed by atoms with Gasteiger partial charge in [0, 0.05) is 32.7 Å². The highest BCUT2D eigenvalue weighted by atomic mass is 15.1. The van der Waals surface area contributed by atoms with Crippen LogP contribution >= 0.6 is 0 Å². The Morgan fingerprint density at radius 3 is 1.70 bits per heavy atom. The first-order chi connectivity index (χ1) is 38.0. The molecule has 0 saturated carbocycles. The van der Waals surface area contributed by atoms with E-state index in [-0.39, 0.29) is 0 Å². The van der Waals surface area contributed by atoms with E-state index in [1.807, 2.05) is 48.5 Å². The van der Waals surface area contributed by atoms with Crippen LogP contribution in [0, 0.1) is 0 Å². The largest absolute Gasteiger partial charge is 0.320 e. The minimum absolute atomic E-state index is 0.413. The molecule has 1 aliphatic rings. The van der Waals surface area contributed by atoms with Crippen molar-refractivity contribution in [3.05, 3.63) is 295 Å². The quantitative estimate of drug-likeness (QED) is 0.0665. The molecule has 0 fully saturated rings. The molecular formula is C72H53N5. The predicted molar refractivity (Wildman–Crippen MR) is 327 cm³/mol. The van der Waals surface area contributed by atoms with Crippen molar-refractivity contribution in [2.24, 2.45) is 15.0 Å². The van der Waals surface area contributed by atoms with Crippen molar-refractivity contribution in [3.8, 4) is 33.4 Å². The molecule has 77 heavy (non-hydrogen) atoms. The van der Waals surface area contributed by atoms with E-state index in [0.717, 1.165) is 84.8 Å². The second-order valence-electron chi connectivity index (χ2n) is 19.7. The van der Waals surface area contributed by atoms with Gasteiger partial charge in [-0.15, -0.1) is 0 Å². The monoisotopic (exact) mass is 987 g/mol. The van der Waals surface area contributed by atoms with Crippen molar-refractivity contribution in [2.75, 3.05) is 0 Å². The lowest BCUT2D eigenvalue weighted by atomic mass is 9.92. The molecule has 0 N–H and O–H groups in total. The van der Waals surface area contributed by atoms with Crippen molar-refractivity contribution in [2.45, 2.75) is 20.0 Å². The molecule has 366 valence electrons. The molecule has 0 bridgehead atoms. The van der Waals surface area contributed by atoms with Gasteiger partial charge in [-0.3, -0.25) is 14.6 Å². The van der Waals surface area contributed by atoms with Crippen molar-refractivity contribution < 1.29 is 0 Å². The summed E-state index contributed by atoms with van der Waals surface area (Å²) in [6.07, 6.45) is 5.03. The van der Waals surface area contributed by atoms with Crippen LogP contribution in [-0.4, -0.2) is 27.4 Å². The van der Waals surface area contributed by atoms with Gasteiger partial charge in [0.25, 0.3) is 0 Å². The first-order valence-corrected chi connectivity index (χ1v) is 26.2. The van der Waals surface area contributed by atoms with Crippen LogP contribution in [0.25, 0.3) is 94.0 Å². The Balaban J connectivity index is 0.898. The van der Waals surface area contributed by atoms with E-state index in [4.69, 9.17) is 9.98 Å². The van der Waals surface area contributed by atoms with Crippen LogP contribution in [0.2, 0.25) is 0 Å². The molecule has 13 rings (SSSR count). The molecule has 12 aromatic rings. The molecule has 0 amide bonds. The number of hydrogen-bond donors (Lipinski definition) is 0. The molecule has 2 heterocycles. The summed E-state index contributed by atoms with van der Waals surface area (Å²) >= 11 is 0. The molecule has 2 aromatic heterocycles. The third-order valence-electron chi connectivity index (χ3n) is 15.1. The fourth-order valence-electron chi connectivity index (χ4n) is 11.4. The Hall–Kier alpha value is -9.97. The normalized spacial score (nSPS) is 12.9. The number of nitrogens with zero attached hydrogens (tertiary/aromatic N) is 5. The molecular weight excluding hydrogens is 935 g/mol. The fourth-order valence-corrected chi connectivity index (χ4v) is 11.4. The predicted octanol–water partition coefficient (Wildman–Crippen LogP) is 18.0. The molecule has 5 heteroatoms. The lowest BCUT2D eigenvalue weighted by molar-refractivity contribution is 0.793. The van der Waals surface area contributed by atoms with Crippen LogP contribution in [0.15, 0.2) is 276 Å². The van der Waals surface area contributed by atoms with Crippen LogP contribution in [-0.2, 0) is 13.1 Å². The second-order valence-corrected chi connectivity index (χ2v) is 19.7. The SMILES string of the molecule is C=N/C(=C\C(=N/Cn1c2ccccc2c2ccc(-c3cccc4c3-c3cc(-c5ccc6c7ccccc7n(/C(C)=N/C(=C\C(=C)c7ccccc7)c7ccccc7)c6c5)ccc3C4)cc21)c1ccccc1)c1ccccc1. The van der Waals surface area contributed by atoms with Crippen LogP contribution in [0.4, 0.5) is 0 Å². The number of aliphatic imine (C=N–C) groups is 3. The van der Waals surface area contributed by atoms with E-state index in [0.29, 0.717) is 6.67 Å². The summed E-state index contributed by atoms with van der Waals surface area (Å²) < 4.78 is 4.67. The molecule has 0 radical (unpaired) electrons. The highest BCUT2D eigenvalue weighted by Crippen LogP contribution is 2.46. The van der Waals surface area contributed by atoms with E-state index in [1.54, 1.807) is 0 Å². The zero-order chi connectivity index (χ0) is 51.8. The summed E-state index contributed by atoms with van der Waals surface area (Å²) in [5.41, 5.74) is 21.9. The van der Waals surface area contributed by atoms with Gasteiger partial charge < -0.3 is 4.57 Å². The summed E-state index contributed by atoms with van der Waals surface area (Å²) in [6, 6.07) is 86.2. The van der Waals surface area contributed by atoms with Crippen molar-refractivity contribution in [1.29, 1.82) is 0 Å². The second kappa shape index (κ2) is 20.0. The Bertz CT molecular complexity index is 4400. The zero-order valence-corrected chi connectivity index (χ0v) is 42.8. The maximum atomic E-state index is 5.42. The highest BCUT2D eigenvalue weighted by Gasteiger charge is 2.24. The maximum Gasteiger partial charge on any atom is 0.115 e. The van der Waals surface area contributed by atoms with Crippen LogP contribution in [0.5, 0.6) is 0 Å². The lowest BCUT2D eigenvalue weighted by Crippen LogP contribution is -2.07. The van der Waals surface area contributed by atoms with E-state index < -0.39 is 0 Å². The summed E-state index contributed by atoms with van der Waals surface area (Å²) in [5.74, 6) is 0.871. The first kappa shape index (κ1) is 46.8. The van der Waals surface area contributed by atoms with E-state index in [9.17, 15) is 0 Å². The maximum absolute atomic E-state index is 5.42. The Kier molecular flexibility index (Phi) is 12.2. The van der Waals surface area contributed by atoms with E-state index >= 15 is 0 Å². The van der Waals surface area contributed by atoms with Gasteiger partial charge in [0.05, 0.1) is 39.2 Å². The van der Waals surface area contributed by atoms with E-state index in [1.165, 1.54) is 60.5 Å². The average Bonchev–Trinajstić information content (AvgIpc) is 4.17. The van der Waals surface area contributed by atoms with Crippen LogP contribution in [0.3, 0.4) is 0 Å². The van der Waals surface area contributed by atoms with E-state index in [2.05, 4.69) is 241 Å². The van der Waals surface area contributed by atoms with Gasteiger partial charge in [0.1, 0.15) is 12.5 Å². The number of rotatable bonds is 12. The first-order valence-electron chi connectivity index (χ1n) is 26.2. The Labute approximate surface area is 448 Å².